The number of benzene rings is 1. The molecule has 2 heterocycles. The molecule has 0 saturated carbocycles. The van der Waals surface area contributed by atoms with E-state index >= 15 is 0 Å². The number of primary amides is 1. The largest absolute Gasteiger partial charge is 0.366 e. The van der Waals surface area contributed by atoms with E-state index in [0.29, 0.717) is 16.9 Å². The Morgan fingerprint density at radius 3 is 2.32 bits per heavy atom. The van der Waals surface area contributed by atoms with Gasteiger partial charge in [-0.1, -0.05) is 12.1 Å². The van der Waals surface area contributed by atoms with Crippen LogP contribution in [0.1, 0.15) is 10.4 Å². The summed E-state index contributed by atoms with van der Waals surface area (Å²) in [5, 5.41) is 2.86. The zero-order valence-corrected chi connectivity index (χ0v) is 11.5. The van der Waals surface area contributed by atoms with Crippen molar-refractivity contribution in [2.45, 2.75) is 0 Å². The van der Waals surface area contributed by atoms with E-state index in [1.54, 1.807) is 42.7 Å². The number of nitroso groups, excluding NO2 is 1. The molecule has 6 nitrogen and oxygen atoms in total. The topological polar surface area (TPSA) is 101 Å². The lowest BCUT2D eigenvalue weighted by molar-refractivity contribution is 0.100. The average Bonchev–Trinajstić information content (AvgIpc) is 3.01. The SMILES string of the molecule is NC(=O)c1cc(-c2ccncc2)[nH]c1-c1ccc(N=O)cc1. The first-order valence-corrected chi connectivity index (χ1v) is 6.56. The fourth-order valence-corrected chi connectivity index (χ4v) is 2.25. The minimum Gasteiger partial charge on any atom is -0.366 e. The Balaban J connectivity index is 2.11. The van der Waals surface area contributed by atoms with Gasteiger partial charge in [-0.25, -0.2) is 0 Å². The molecule has 0 unspecified atom stereocenters. The van der Waals surface area contributed by atoms with Gasteiger partial charge in [-0.05, 0) is 41.1 Å². The molecule has 0 spiro atoms. The molecule has 0 bridgehead atoms. The van der Waals surface area contributed by atoms with Crippen LogP contribution < -0.4 is 5.73 Å². The lowest BCUT2D eigenvalue weighted by Gasteiger charge is -2.01. The van der Waals surface area contributed by atoms with Crippen molar-refractivity contribution in [3.8, 4) is 22.5 Å². The minimum absolute atomic E-state index is 0.324. The number of carbonyl (C=O) groups excluding carboxylic acids is 1. The number of nitrogens with zero attached hydrogens (tertiary/aromatic N) is 2. The first kappa shape index (κ1) is 13.7. The number of carbonyl (C=O) groups is 1. The van der Waals surface area contributed by atoms with Crippen molar-refractivity contribution in [1.29, 1.82) is 0 Å². The van der Waals surface area contributed by atoms with Crippen LogP contribution in [0.5, 0.6) is 0 Å². The van der Waals surface area contributed by atoms with Gasteiger partial charge in [0.15, 0.2) is 0 Å². The standard InChI is InChI=1S/C16H12N4O2/c17-16(21)13-9-14(10-5-7-18-8-6-10)19-15(13)11-1-3-12(20-22)4-2-11/h1-9,19H,(H2,17,21). The molecule has 108 valence electrons. The maximum absolute atomic E-state index is 11.7. The predicted molar refractivity (Wildman–Crippen MR) is 83.4 cm³/mol. The molecule has 1 aromatic carbocycles. The summed E-state index contributed by atoms with van der Waals surface area (Å²) in [4.78, 5) is 29.3. The number of nitrogens with one attached hydrogen (secondary N) is 1. The van der Waals surface area contributed by atoms with Crippen LogP contribution in [-0.4, -0.2) is 15.9 Å². The van der Waals surface area contributed by atoms with Gasteiger partial charge in [0.1, 0.15) is 5.69 Å². The Morgan fingerprint density at radius 2 is 1.73 bits per heavy atom. The first-order valence-electron chi connectivity index (χ1n) is 6.56. The third-order valence-corrected chi connectivity index (χ3v) is 3.34. The lowest BCUT2D eigenvalue weighted by atomic mass is 10.1. The van der Waals surface area contributed by atoms with Crippen LogP contribution in [0, 0.1) is 4.91 Å². The molecule has 0 radical (unpaired) electrons. The summed E-state index contributed by atoms with van der Waals surface area (Å²) in [7, 11) is 0. The van der Waals surface area contributed by atoms with E-state index in [-0.39, 0.29) is 0 Å². The van der Waals surface area contributed by atoms with Crippen molar-refractivity contribution < 1.29 is 4.79 Å². The van der Waals surface area contributed by atoms with Gasteiger partial charge in [0.25, 0.3) is 5.91 Å². The maximum atomic E-state index is 11.7. The zero-order chi connectivity index (χ0) is 15.5. The molecule has 0 aliphatic heterocycles. The van der Waals surface area contributed by atoms with E-state index < -0.39 is 5.91 Å². The first-order chi connectivity index (χ1) is 10.7. The fraction of sp³-hybridized carbons (Fsp3) is 0. The summed E-state index contributed by atoms with van der Waals surface area (Å²) in [6.45, 7) is 0. The molecule has 3 aromatic rings. The van der Waals surface area contributed by atoms with Crippen molar-refractivity contribution in [3.63, 3.8) is 0 Å². The molecule has 0 saturated heterocycles. The predicted octanol–water partition coefficient (Wildman–Crippen LogP) is 3.24. The van der Waals surface area contributed by atoms with Gasteiger partial charge in [-0.3, -0.25) is 9.78 Å². The van der Waals surface area contributed by atoms with Crippen LogP contribution >= 0.6 is 0 Å². The molecule has 6 heteroatoms. The van der Waals surface area contributed by atoms with Crippen molar-refractivity contribution >= 4 is 11.6 Å². The number of amides is 1. The van der Waals surface area contributed by atoms with E-state index in [1.165, 1.54) is 0 Å². The Hall–Kier alpha value is -3.28. The van der Waals surface area contributed by atoms with E-state index in [2.05, 4.69) is 15.1 Å². The smallest absolute Gasteiger partial charge is 0.250 e. The highest BCUT2D eigenvalue weighted by Gasteiger charge is 2.15. The average molecular weight is 292 g/mol. The molecule has 0 aliphatic carbocycles. The monoisotopic (exact) mass is 292 g/mol. The number of aromatic nitrogens is 2. The molecular weight excluding hydrogens is 280 g/mol. The van der Waals surface area contributed by atoms with Crippen LogP contribution in [0.15, 0.2) is 60.0 Å². The molecule has 2 aromatic heterocycles. The normalized spacial score (nSPS) is 10.4. The van der Waals surface area contributed by atoms with E-state index in [1.807, 2.05) is 12.1 Å². The number of hydrogen-bond donors (Lipinski definition) is 2. The Bertz CT molecular complexity index is 823. The van der Waals surface area contributed by atoms with Crippen LogP contribution in [0.3, 0.4) is 0 Å². The van der Waals surface area contributed by atoms with Gasteiger partial charge in [-0.2, -0.15) is 0 Å². The molecule has 0 atom stereocenters. The second-order valence-corrected chi connectivity index (χ2v) is 4.71. The van der Waals surface area contributed by atoms with E-state index in [9.17, 15) is 9.70 Å². The molecule has 3 N–H and O–H groups in total. The third kappa shape index (κ3) is 2.49. The van der Waals surface area contributed by atoms with E-state index in [4.69, 9.17) is 5.73 Å². The number of nitrogens with two attached hydrogens (primary N) is 1. The van der Waals surface area contributed by atoms with Crippen molar-refractivity contribution in [2.75, 3.05) is 0 Å². The number of pyridine rings is 1. The Labute approximate surface area is 126 Å². The van der Waals surface area contributed by atoms with Gasteiger partial charge in [-0.15, -0.1) is 4.91 Å². The summed E-state index contributed by atoms with van der Waals surface area (Å²) < 4.78 is 0. The van der Waals surface area contributed by atoms with Gasteiger partial charge in [0, 0.05) is 23.7 Å². The Kier molecular flexibility index (Phi) is 3.49. The van der Waals surface area contributed by atoms with Gasteiger partial charge >= 0.3 is 0 Å². The summed E-state index contributed by atoms with van der Waals surface area (Å²) in [5.41, 5.74) is 9.20. The molecule has 22 heavy (non-hydrogen) atoms. The van der Waals surface area contributed by atoms with Gasteiger partial charge < -0.3 is 10.7 Å². The zero-order valence-electron chi connectivity index (χ0n) is 11.5. The fourth-order valence-electron chi connectivity index (χ4n) is 2.25. The van der Waals surface area contributed by atoms with Crippen LogP contribution in [0.25, 0.3) is 22.5 Å². The molecule has 0 aliphatic rings. The summed E-state index contributed by atoms with van der Waals surface area (Å²) >= 11 is 0. The molecular formula is C16H12N4O2. The van der Waals surface area contributed by atoms with E-state index in [0.717, 1.165) is 16.8 Å². The highest BCUT2D eigenvalue weighted by molar-refractivity contribution is 6.00. The summed E-state index contributed by atoms with van der Waals surface area (Å²) in [6, 6.07) is 12.0. The maximum Gasteiger partial charge on any atom is 0.250 e. The van der Waals surface area contributed by atoms with Crippen LogP contribution in [0.2, 0.25) is 0 Å². The van der Waals surface area contributed by atoms with Gasteiger partial charge in [0.05, 0.1) is 11.3 Å². The number of hydrogen-bond acceptors (Lipinski definition) is 4. The number of H-pyrrole nitrogens is 1. The Morgan fingerprint density at radius 1 is 1.05 bits per heavy atom. The number of rotatable bonds is 4. The summed E-state index contributed by atoms with van der Waals surface area (Å²) in [5.74, 6) is -0.524. The second-order valence-electron chi connectivity index (χ2n) is 4.71. The quantitative estimate of drug-likeness (QED) is 0.721. The highest BCUT2D eigenvalue weighted by atomic mass is 16.3. The van der Waals surface area contributed by atoms with Crippen molar-refractivity contribution in [2.24, 2.45) is 10.9 Å². The van der Waals surface area contributed by atoms with Crippen LogP contribution in [0.4, 0.5) is 5.69 Å². The molecule has 0 fully saturated rings. The lowest BCUT2D eigenvalue weighted by Crippen LogP contribution is -2.10. The van der Waals surface area contributed by atoms with Crippen molar-refractivity contribution in [1.82, 2.24) is 9.97 Å². The molecule has 3 rings (SSSR count). The number of aromatic amines is 1. The van der Waals surface area contributed by atoms with Gasteiger partial charge in [0.2, 0.25) is 0 Å². The van der Waals surface area contributed by atoms with Crippen molar-refractivity contribution in [3.05, 3.63) is 65.3 Å². The van der Waals surface area contributed by atoms with Crippen LogP contribution in [-0.2, 0) is 0 Å². The highest BCUT2D eigenvalue weighted by Crippen LogP contribution is 2.29. The third-order valence-electron chi connectivity index (χ3n) is 3.34. The summed E-state index contributed by atoms with van der Waals surface area (Å²) in [6.07, 6.45) is 3.34. The minimum atomic E-state index is -0.524. The second kappa shape index (κ2) is 5.61. The molecule has 1 amide bonds.